The van der Waals surface area contributed by atoms with Crippen molar-refractivity contribution in [2.24, 2.45) is 0 Å². The molecule has 2 rings (SSSR count). The summed E-state index contributed by atoms with van der Waals surface area (Å²) in [6.07, 6.45) is 1.38. The monoisotopic (exact) mass is 336 g/mol. The minimum absolute atomic E-state index is 0.187. The highest BCUT2D eigenvalue weighted by Gasteiger charge is 2.03. The minimum atomic E-state index is -0.943. The molecule has 0 aliphatic rings. The van der Waals surface area contributed by atoms with E-state index in [0.717, 1.165) is 15.7 Å². The van der Waals surface area contributed by atoms with Crippen molar-refractivity contribution in [3.05, 3.63) is 40.6 Å². The van der Waals surface area contributed by atoms with Gasteiger partial charge in [-0.25, -0.2) is 9.97 Å². The zero-order valence-corrected chi connectivity index (χ0v) is 12.3. The van der Waals surface area contributed by atoms with Gasteiger partial charge in [0.1, 0.15) is 24.5 Å². The number of aliphatic carboxylic acids is 1. The second-order valence-electron chi connectivity index (χ2n) is 4.12. The topological polar surface area (TPSA) is 87.1 Å². The Kier molecular flexibility index (Phi) is 4.52. The normalized spacial score (nSPS) is 10.1. The third-order valence-corrected chi connectivity index (χ3v) is 3.03. The van der Waals surface area contributed by atoms with Crippen LogP contribution in [0.4, 0.5) is 17.3 Å². The van der Waals surface area contributed by atoms with Gasteiger partial charge in [-0.3, -0.25) is 4.79 Å². The molecule has 1 aromatic carbocycles. The van der Waals surface area contributed by atoms with Crippen molar-refractivity contribution in [1.82, 2.24) is 9.97 Å². The van der Waals surface area contributed by atoms with Gasteiger partial charge < -0.3 is 15.7 Å². The molecule has 0 aliphatic carbocycles. The van der Waals surface area contributed by atoms with Crippen molar-refractivity contribution in [1.29, 1.82) is 0 Å². The molecule has 3 N–H and O–H groups in total. The van der Waals surface area contributed by atoms with Crippen molar-refractivity contribution in [3.63, 3.8) is 0 Å². The SMILES string of the molecule is Cc1cc(Br)ccc1Nc1cc(NCC(=O)O)ncn1. The van der Waals surface area contributed by atoms with E-state index in [-0.39, 0.29) is 6.54 Å². The third kappa shape index (κ3) is 3.92. The smallest absolute Gasteiger partial charge is 0.322 e. The number of nitrogens with one attached hydrogen (secondary N) is 2. The van der Waals surface area contributed by atoms with Gasteiger partial charge in [-0.05, 0) is 30.7 Å². The Morgan fingerprint density at radius 3 is 2.75 bits per heavy atom. The van der Waals surface area contributed by atoms with Crippen LogP contribution in [-0.2, 0) is 4.79 Å². The fraction of sp³-hybridized carbons (Fsp3) is 0.154. The zero-order chi connectivity index (χ0) is 14.5. The zero-order valence-electron chi connectivity index (χ0n) is 10.7. The number of carboxylic acid groups (broad SMARTS) is 1. The Labute approximate surface area is 124 Å². The number of benzene rings is 1. The maximum absolute atomic E-state index is 10.5. The van der Waals surface area contributed by atoms with Crippen LogP contribution in [0.25, 0.3) is 0 Å². The lowest BCUT2D eigenvalue weighted by atomic mass is 10.2. The fourth-order valence-electron chi connectivity index (χ4n) is 1.59. The number of rotatable bonds is 5. The Balaban J connectivity index is 2.13. The first-order valence-electron chi connectivity index (χ1n) is 5.85. The van der Waals surface area contributed by atoms with Gasteiger partial charge in [0.2, 0.25) is 0 Å². The molecule has 20 heavy (non-hydrogen) atoms. The maximum atomic E-state index is 10.5. The Morgan fingerprint density at radius 2 is 2.05 bits per heavy atom. The number of halogens is 1. The molecule has 0 bridgehead atoms. The van der Waals surface area contributed by atoms with E-state index in [1.807, 2.05) is 25.1 Å². The summed E-state index contributed by atoms with van der Waals surface area (Å²) in [5, 5.41) is 14.5. The number of hydrogen-bond acceptors (Lipinski definition) is 5. The van der Waals surface area contributed by atoms with Crippen molar-refractivity contribution in [2.45, 2.75) is 6.92 Å². The van der Waals surface area contributed by atoms with Crippen molar-refractivity contribution in [3.8, 4) is 0 Å². The standard InChI is InChI=1S/C13H13BrN4O2/c1-8-4-9(14)2-3-10(8)18-12-5-11(16-7-17-12)15-6-13(19)20/h2-5,7H,6H2,1H3,(H,19,20)(H2,15,16,17,18). The van der Waals surface area contributed by atoms with Gasteiger partial charge in [-0.2, -0.15) is 0 Å². The number of hydrogen-bond donors (Lipinski definition) is 3. The largest absolute Gasteiger partial charge is 0.480 e. The highest BCUT2D eigenvalue weighted by Crippen LogP contribution is 2.23. The summed E-state index contributed by atoms with van der Waals surface area (Å²) in [6.45, 7) is 1.80. The molecule has 1 heterocycles. The highest BCUT2D eigenvalue weighted by atomic mass is 79.9. The molecular weight excluding hydrogens is 324 g/mol. The Bertz CT molecular complexity index is 634. The molecule has 0 spiro atoms. The molecule has 1 aromatic heterocycles. The first-order valence-corrected chi connectivity index (χ1v) is 6.65. The van der Waals surface area contributed by atoms with E-state index in [1.54, 1.807) is 6.07 Å². The van der Waals surface area contributed by atoms with Crippen molar-refractivity contribution < 1.29 is 9.90 Å². The lowest BCUT2D eigenvalue weighted by Crippen LogP contribution is -2.13. The molecule has 2 aromatic rings. The maximum Gasteiger partial charge on any atom is 0.322 e. The van der Waals surface area contributed by atoms with E-state index in [9.17, 15) is 4.79 Å². The van der Waals surface area contributed by atoms with Crippen LogP contribution in [0.2, 0.25) is 0 Å². The lowest BCUT2D eigenvalue weighted by Gasteiger charge is -2.10. The Morgan fingerprint density at radius 1 is 1.30 bits per heavy atom. The molecule has 7 heteroatoms. The average Bonchev–Trinajstić information content (AvgIpc) is 2.40. The van der Waals surface area contributed by atoms with Crippen LogP contribution in [0.1, 0.15) is 5.56 Å². The third-order valence-electron chi connectivity index (χ3n) is 2.54. The van der Waals surface area contributed by atoms with E-state index >= 15 is 0 Å². The summed E-state index contributed by atoms with van der Waals surface area (Å²) in [7, 11) is 0. The first-order chi connectivity index (χ1) is 9.54. The molecule has 0 unspecified atom stereocenters. The summed E-state index contributed by atoms with van der Waals surface area (Å²) < 4.78 is 1.01. The minimum Gasteiger partial charge on any atom is -0.480 e. The van der Waals surface area contributed by atoms with E-state index in [0.29, 0.717) is 11.6 Å². The number of anilines is 3. The van der Waals surface area contributed by atoms with Gasteiger partial charge in [0.15, 0.2) is 0 Å². The van der Waals surface area contributed by atoms with Crippen LogP contribution in [-0.4, -0.2) is 27.6 Å². The van der Waals surface area contributed by atoms with Crippen molar-refractivity contribution >= 4 is 39.2 Å². The molecule has 0 aliphatic heterocycles. The van der Waals surface area contributed by atoms with E-state index in [2.05, 4.69) is 36.5 Å². The van der Waals surface area contributed by atoms with Gasteiger partial charge in [0.05, 0.1) is 0 Å². The summed E-state index contributed by atoms with van der Waals surface area (Å²) in [6, 6.07) is 7.52. The van der Waals surface area contributed by atoms with Crippen LogP contribution in [0, 0.1) is 6.92 Å². The van der Waals surface area contributed by atoms with Crippen LogP contribution < -0.4 is 10.6 Å². The number of aromatic nitrogens is 2. The van der Waals surface area contributed by atoms with Gasteiger partial charge in [-0.15, -0.1) is 0 Å². The molecule has 0 atom stereocenters. The molecule has 0 radical (unpaired) electrons. The fourth-order valence-corrected chi connectivity index (χ4v) is 2.07. The predicted molar refractivity (Wildman–Crippen MR) is 80.3 cm³/mol. The number of aryl methyl sites for hydroxylation is 1. The molecule has 0 saturated carbocycles. The second-order valence-corrected chi connectivity index (χ2v) is 5.04. The van der Waals surface area contributed by atoms with Crippen LogP contribution in [0.5, 0.6) is 0 Å². The quantitative estimate of drug-likeness (QED) is 0.778. The molecule has 0 amide bonds. The van der Waals surface area contributed by atoms with Gasteiger partial charge in [0, 0.05) is 16.2 Å². The molecule has 104 valence electrons. The van der Waals surface area contributed by atoms with Crippen molar-refractivity contribution in [2.75, 3.05) is 17.2 Å². The number of carboxylic acids is 1. The van der Waals surface area contributed by atoms with Gasteiger partial charge in [0.25, 0.3) is 0 Å². The Hall–Kier alpha value is -2.15. The molecule has 0 fully saturated rings. The molecule has 6 nitrogen and oxygen atoms in total. The van der Waals surface area contributed by atoms with E-state index < -0.39 is 5.97 Å². The number of nitrogens with zero attached hydrogens (tertiary/aromatic N) is 2. The van der Waals surface area contributed by atoms with E-state index in [1.165, 1.54) is 6.33 Å². The predicted octanol–water partition coefficient (Wildman–Crippen LogP) is 2.79. The second kappa shape index (κ2) is 6.33. The first kappa shape index (κ1) is 14.3. The molecular formula is C13H13BrN4O2. The molecule has 0 saturated heterocycles. The average molecular weight is 337 g/mol. The number of carbonyl (C=O) groups is 1. The van der Waals surface area contributed by atoms with Gasteiger partial charge in [-0.1, -0.05) is 15.9 Å². The van der Waals surface area contributed by atoms with E-state index in [4.69, 9.17) is 5.11 Å². The van der Waals surface area contributed by atoms with Crippen LogP contribution in [0.15, 0.2) is 35.1 Å². The van der Waals surface area contributed by atoms with Crippen LogP contribution in [0.3, 0.4) is 0 Å². The summed E-state index contributed by atoms with van der Waals surface area (Å²) >= 11 is 3.41. The van der Waals surface area contributed by atoms with Gasteiger partial charge >= 0.3 is 5.97 Å². The van der Waals surface area contributed by atoms with Crippen LogP contribution >= 0.6 is 15.9 Å². The lowest BCUT2D eigenvalue weighted by molar-refractivity contribution is -0.134. The summed E-state index contributed by atoms with van der Waals surface area (Å²) in [4.78, 5) is 18.6. The summed E-state index contributed by atoms with van der Waals surface area (Å²) in [5.41, 5.74) is 1.99. The summed E-state index contributed by atoms with van der Waals surface area (Å²) in [5.74, 6) is 0.111. The highest BCUT2D eigenvalue weighted by molar-refractivity contribution is 9.10.